The maximum Gasteiger partial charge on any atom is 0.237 e. The van der Waals surface area contributed by atoms with Crippen molar-refractivity contribution in [1.82, 2.24) is 10.2 Å². The van der Waals surface area contributed by atoms with Gasteiger partial charge in [-0.2, -0.15) is 0 Å². The number of nitrogens with zero attached hydrogens (tertiary/aromatic N) is 2. The molecule has 0 aliphatic carbocycles. The molecule has 1 N–H and O–H groups in total. The highest BCUT2D eigenvalue weighted by Gasteiger charge is 2.25. The van der Waals surface area contributed by atoms with Crippen LogP contribution in [0.5, 0.6) is 0 Å². The van der Waals surface area contributed by atoms with Crippen molar-refractivity contribution in [3.63, 3.8) is 0 Å². The van der Waals surface area contributed by atoms with Crippen molar-refractivity contribution in [1.29, 1.82) is 0 Å². The molecule has 1 aliphatic heterocycles. The Hall–Kier alpha value is -1.85. The Labute approximate surface area is 148 Å². The molecule has 4 nitrogen and oxygen atoms in total. The van der Waals surface area contributed by atoms with Crippen molar-refractivity contribution >= 4 is 22.9 Å². The highest BCUT2D eigenvalue weighted by atomic mass is 32.1. The van der Waals surface area contributed by atoms with E-state index in [0.717, 1.165) is 26.2 Å². The molecule has 1 saturated heterocycles. The van der Waals surface area contributed by atoms with Gasteiger partial charge in [0.1, 0.15) is 0 Å². The summed E-state index contributed by atoms with van der Waals surface area (Å²) < 4.78 is 0. The van der Waals surface area contributed by atoms with Crippen LogP contribution >= 0.6 is 11.3 Å². The number of nitrogens with one attached hydrogen (secondary N) is 1. The minimum absolute atomic E-state index is 0.0796. The summed E-state index contributed by atoms with van der Waals surface area (Å²) in [5.74, 6) is 0.118. The molecule has 1 atom stereocenters. The second-order valence-corrected chi connectivity index (χ2v) is 7.31. The Morgan fingerprint density at radius 1 is 1.17 bits per heavy atom. The lowest BCUT2D eigenvalue weighted by Gasteiger charge is -2.39. The van der Waals surface area contributed by atoms with E-state index < -0.39 is 0 Å². The van der Waals surface area contributed by atoms with Crippen molar-refractivity contribution < 1.29 is 4.79 Å². The summed E-state index contributed by atoms with van der Waals surface area (Å²) in [6, 6.07) is 12.5. The lowest BCUT2D eigenvalue weighted by Crippen LogP contribution is -2.54. The van der Waals surface area contributed by atoms with E-state index in [0.29, 0.717) is 6.54 Å². The SMILES string of the molecule is Cc1ccccc1N1CCN([C@@H](C)C(=O)NCc2cccs2)CC1. The Balaban J connectivity index is 1.50. The van der Waals surface area contributed by atoms with E-state index in [1.807, 2.05) is 18.4 Å². The smallest absolute Gasteiger partial charge is 0.237 e. The maximum absolute atomic E-state index is 12.4. The Morgan fingerprint density at radius 3 is 2.58 bits per heavy atom. The lowest BCUT2D eigenvalue weighted by molar-refractivity contribution is -0.126. The van der Waals surface area contributed by atoms with Crippen LogP contribution in [0.4, 0.5) is 5.69 Å². The summed E-state index contributed by atoms with van der Waals surface area (Å²) in [7, 11) is 0. The first-order valence-electron chi connectivity index (χ1n) is 8.50. The molecule has 0 spiro atoms. The number of carbonyl (C=O) groups excluding carboxylic acids is 1. The Kier molecular flexibility index (Phi) is 5.53. The normalized spacial score (nSPS) is 16.8. The molecule has 1 fully saturated rings. The molecule has 128 valence electrons. The molecular weight excluding hydrogens is 318 g/mol. The van der Waals surface area contributed by atoms with Crippen LogP contribution in [0.25, 0.3) is 0 Å². The van der Waals surface area contributed by atoms with Crippen LogP contribution < -0.4 is 10.2 Å². The van der Waals surface area contributed by atoms with E-state index >= 15 is 0 Å². The quantitative estimate of drug-likeness (QED) is 0.907. The molecule has 1 amide bonds. The van der Waals surface area contributed by atoms with Crippen molar-refractivity contribution in [2.75, 3.05) is 31.1 Å². The lowest BCUT2D eigenvalue weighted by atomic mass is 10.1. The molecule has 24 heavy (non-hydrogen) atoms. The topological polar surface area (TPSA) is 35.6 Å². The van der Waals surface area contributed by atoms with Gasteiger partial charge in [0.2, 0.25) is 5.91 Å². The summed E-state index contributed by atoms with van der Waals surface area (Å²) in [6.07, 6.45) is 0. The van der Waals surface area contributed by atoms with E-state index in [9.17, 15) is 4.79 Å². The van der Waals surface area contributed by atoms with E-state index in [4.69, 9.17) is 0 Å². The summed E-state index contributed by atoms with van der Waals surface area (Å²) in [6.45, 7) is 8.56. The van der Waals surface area contributed by atoms with Crippen LogP contribution in [0.1, 0.15) is 17.4 Å². The fourth-order valence-electron chi connectivity index (χ4n) is 3.17. The molecule has 0 unspecified atom stereocenters. The predicted molar refractivity (Wildman–Crippen MR) is 101 cm³/mol. The number of carbonyl (C=O) groups is 1. The number of piperazine rings is 1. The zero-order valence-electron chi connectivity index (χ0n) is 14.4. The number of thiophene rings is 1. The van der Waals surface area contributed by atoms with Gasteiger partial charge < -0.3 is 10.2 Å². The first kappa shape index (κ1) is 17.0. The molecule has 1 aromatic carbocycles. The molecule has 5 heteroatoms. The van der Waals surface area contributed by atoms with Crippen LogP contribution in [0, 0.1) is 6.92 Å². The monoisotopic (exact) mass is 343 g/mol. The Bertz CT molecular complexity index is 663. The maximum atomic E-state index is 12.4. The van der Waals surface area contributed by atoms with Crippen LogP contribution in [-0.2, 0) is 11.3 Å². The van der Waals surface area contributed by atoms with E-state index in [-0.39, 0.29) is 11.9 Å². The molecule has 2 heterocycles. The number of hydrogen-bond donors (Lipinski definition) is 1. The number of amides is 1. The first-order chi connectivity index (χ1) is 11.6. The van der Waals surface area contributed by atoms with Gasteiger partial charge in [-0.25, -0.2) is 0 Å². The third-order valence-corrected chi connectivity index (χ3v) is 5.59. The van der Waals surface area contributed by atoms with E-state index in [1.165, 1.54) is 16.1 Å². The summed E-state index contributed by atoms with van der Waals surface area (Å²) in [5, 5.41) is 5.09. The van der Waals surface area contributed by atoms with Crippen molar-refractivity contribution in [3.8, 4) is 0 Å². The van der Waals surface area contributed by atoms with Gasteiger partial charge >= 0.3 is 0 Å². The molecule has 0 saturated carbocycles. The number of aryl methyl sites for hydroxylation is 1. The fourth-order valence-corrected chi connectivity index (χ4v) is 3.81. The minimum atomic E-state index is -0.0796. The standard InChI is InChI=1S/C19H25N3OS/c1-15-6-3-4-8-18(15)22-11-9-21(10-12-22)16(2)19(23)20-14-17-7-5-13-24-17/h3-8,13,16H,9-12,14H2,1-2H3,(H,20,23)/t16-/m0/s1. The number of hydrogen-bond acceptors (Lipinski definition) is 4. The van der Waals surface area contributed by atoms with Gasteiger partial charge in [0.25, 0.3) is 0 Å². The van der Waals surface area contributed by atoms with E-state index in [1.54, 1.807) is 11.3 Å². The molecule has 1 aliphatic rings. The number of benzene rings is 1. The Morgan fingerprint density at radius 2 is 1.92 bits per heavy atom. The average Bonchev–Trinajstić information content (AvgIpc) is 3.13. The first-order valence-corrected chi connectivity index (χ1v) is 9.38. The third kappa shape index (κ3) is 3.97. The second-order valence-electron chi connectivity index (χ2n) is 6.28. The van der Waals surface area contributed by atoms with Crippen molar-refractivity contribution in [2.45, 2.75) is 26.4 Å². The van der Waals surface area contributed by atoms with Gasteiger partial charge in [0.05, 0.1) is 12.6 Å². The molecule has 2 aromatic rings. The van der Waals surface area contributed by atoms with Gasteiger partial charge in [-0.05, 0) is 36.9 Å². The molecule has 0 radical (unpaired) electrons. The van der Waals surface area contributed by atoms with Crippen LogP contribution in [0.2, 0.25) is 0 Å². The largest absolute Gasteiger partial charge is 0.369 e. The van der Waals surface area contributed by atoms with Gasteiger partial charge in [0, 0.05) is 36.7 Å². The number of rotatable bonds is 5. The summed E-state index contributed by atoms with van der Waals surface area (Å²) >= 11 is 1.68. The molecule has 3 rings (SSSR count). The number of anilines is 1. The van der Waals surface area contributed by atoms with Crippen molar-refractivity contribution in [2.24, 2.45) is 0 Å². The van der Waals surface area contributed by atoms with Gasteiger partial charge in [-0.15, -0.1) is 11.3 Å². The zero-order chi connectivity index (χ0) is 16.9. The van der Waals surface area contributed by atoms with E-state index in [2.05, 4.69) is 52.4 Å². The summed E-state index contributed by atoms with van der Waals surface area (Å²) in [4.78, 5) is 18.3. The third-order valence-electron chi connectivity index (χ3n) is 4.71. The highest BCUT2D eigenvalue weighted by molar-refractivity contribution is 7.09. The second kappa shape index (κ2) is 7.81. The molecular formula is C19H25N3OS. The predicted octanol–water partition coefficient (Wildman–Crippen LogP) is 2.88. The van der Waals surface area contributed by atoms with Gasteiger partial charge in [-0.3, -0.25) is 9.69 Å². The van der Waals surface area contributed by atoms with Gasteiger partial charge in [0.15, 0.2) is 0 Å². The van der Waals surface area contributed by atoms with Crippen molar-refractivity contribution in [3.05, 3.63) is 52.2 Å². The minimum Gasteiger partial charge on any atom is -0.369 e. The van der Waals surface area contributed by atoms with Crippen LogP contribution in [0.15, 0.2) is 41.8 Å². The van der Waals surface area contributed by atoms with Crippen LogP contribution in [0.3, 0.4) is 0 Å². The average molecular weight is 343 g/mol. The number of para-hydroxylation sites is 1. The zero-order valence-corrected chi connectivity index (χ0v) is 15.2. The molecule has 1 aromatic heterocycles. The van der Waals surface area contributed by atoms with Gasteiger partial charge in [-0.1, -0.05) is 24.3 Å². The summed E-state index contributed by atoms with van der Waals surface area (Å²) in [5.41, 5.74) is 2.62. The molecule has 0 bridgehead atoms. The van der Waals surface area contributed by atoms with Crippen LogP contribution in [-0.4, -0.2) is 43.0 Å². The fraction of sp³-hybridized carbons (Fsp3) is 0.421. The highest BCUT2D eigenvalue weighted by Crippen LogP contribution is 2.21.